The van der Waals surface area contributed by atoms with Crippen LogP contribution in [0.5, 0.6) is 0 Å². The van der Waals surface area contributed by atoms with E-state index in [4.69, 9.17) is 4.99 Å². The normalized spacial score (nSPS) is 47.4. The van der Waals surface area contributed by atoms with Crippen LogP contribution in [-0.4, -0.2) is 33.1 Å². The molecule has 2 N–H and O–H groups in total. The van der Waals surface area contributed by atoms with E-state index in [1.54, 1.807) is 11.8 Å². The summed E-state index contributed by atoms with van der Waals surface area (Å²) in [6, 6.07) is 0.297. The van der Waals surface area contributed by atoms with Gasteiger partial charge in [0.05, 0.1) is 12.1 Å². The summed E-state index contributed by atoms with van der Waals surface area (Å²) in [7, 11) is 0. The molecule has 3 rings (SSSR count). The van der Waals surface area contributed by atoms with Gasteiger partial charge >= 0.3 is 0 Å². The first-order valence-electron chi connectivity index (χ1n) is 7.16. The first-order chi connectivity index (χ1) is 8.90. The van der Waals surface area contributed by atoms with E-state index in [-0.39, 0.29) is 17.9 Å². The van der Waals surface area contributed by atoms with E-state index in [1.165, 1.54) is 0 Å². The zero-order valence-corrected chi connectivity index (χ0v) is 12.5. The highest BCUT2D eigenvalue weighted by Crippen LogP contribution is 2.47. The van der Waals surface area contributed by atoms with Crippen molar-refractivity contribution in [2.24, 2.45) is 22.7 Å². The number of aliphatic hydroxyl groups is 1. The van der Waals surface area contributed by atoms with Gasteiger partial charge in [-0.3, -0.25) is 9.79 Å². The maximum Gasteiger partial charge on any atom is 0.242 e. The van der Waals surface area contributed by atoms with E-state index in [9.17, 15) is 9.90 Å². The Bertz CT molecular complexity index is 435. The van der Waals surface area contributed by atoms with E-state index in [2.05, 4.69) is 19.2 Å². The number of fused-ring (bicyclic) bond motifs is 2. The number of aliphatic hydroxyl groups excluding tert-OH is 1. The zero-order valence-electron chi connectivity index (χ0n) is 11.7. The Labute approximate surface area is 118 Å². The standard InChI is InChI=1S/C14H22N2O2S/c1-7(2)14(3)12(18)16-13(19-14)15-10-5-9-4-8(10)6-11(9)17/h7-11,17H,4-6H2,1-3H3,(H,15,16,18)/t8-,9-,10+,11-,14+/m1/s1. The Morgan fingerprint density at radius 1 is 1.37 bits per heavy atom. The molecule has 1 amide bonds. The summed E-state index contributed by atoms with van der Waals surface area (Å²) in [5.74, 6) is 1.30. The van der Waals surface area contributed by atoms with Gasteiger partial charge in [-0.2, -0.15) is 0 Å². The van der Waals surface area contributed by atoms with E-state index in [1.807, 2.05) is 6.92 Å². The van der Waals surface area contributed by atoms with Gasteiger partial charge in [0, 0.05) is 0 Å². The molecule has 0 aromatic carbocycles. The van der Waals surface area contributed by atoms with Gasteiger partial charge in [-0.1, -0.05) is 25.6 Å². The molecule has 1 heterocycles. The first kappa shape index (κ1) is 13.4. The summed E-state index contributed by atoms with van der Waals surface area (Å²) >= 11 is 1.57. The number of amidine groups is 1. The fourth-order valence-corrected chi connectivity index (χ4v) is 4.57. The molecule has 3 fully saturated rings. The number of carbonyl (C=O) groups excluding carboxylic acids is 1. The second-order valence-electron chi connectivity index (χ2n) is 6.61. The lowest BCUT2D eigenvalue weighted by Crippen LogP contribution is -2.38. The molecule has 4 nitrogen and oxygen atoms in total. The van der Waals surface area contributed by atoms with Crippen molar-refractivity contribution in [3.63, 3.8) is 0 Å². The van der Waals surface area contributed by atoms with Gasteiger partial charge in [-0.25, -0.2) is 0 Å². The average molecular weight is 282 g/mol. The van der Waals surface area contributed by atoms with Gasteiger partial charge < -0.3 is 10.4 Å². The predicted molar refractivity (Wildman–Crippen MR) is 77.0 cm³/mol. The maximum atomic E-state index is 12.1. The van der Waals surface area contributed by atoms with Crippen LogP contribution in [0.4, 0.5) is 0 Å². The van der Waals surface area contributed by atoms with Gasteiger partial charge in [0.15, 0.2) is 5.17 Å². The van der Waals surface area contributed by atoms with Crippen molar-refractivity contribution in [3.05, 3.63) is 0 Å². The van der Waals surface area contributed by atoms with Crippen molar-refractivity contribution in [2.45, 2.75) is 56.9 Å². The highest BCUT2D eigenvalue weighted by atomic mass is 32.2. The molecule has 0 aromatic heterocycles. The summed E-state index contributed by atoms with van der Waals surface area (Å²) in [5.41, 5.74) is 0. The molecule has 2 saturated carbocycles. The molecular formula is C14H22N2O2S. The van der Waals surface area contributed by atoms with Gasteiger partial charge in [0.1, 0.15) is 4.75 Å². The van der Waals surface area contributed by atoms with Gasteiger partial charge in [-0.05, 0) is 43.9 Å². The molecule has 0 unspecified atom stereocenters. The van der Waals surface area contributed by atoms with Crippen LogP contribution in [0.2, 0.25) is 0 Å². The molecular weight excluding hydrogens is 260 g/mol. The topological polar surface area (TPSA) is 61.7 Å². The zero-order chi connectivity index (χ0) is 13.8. The Morgan fingerprint density at radius 2 is 2.11 bits per heavy atom. The monoisotopic (exact) mass is 282 g/mol. The molecule has 106 valence electrons. The number of rotatable bonds is 2. The Kier molecular flexibility index (Phi) is 3.17. The van der Waals surface area contributed by atoms with Crippen LogP contribution in [0.1, 0.15) is 40.0 Å². The third-order valence-electron chi connectivity index (χ3n) is 5.15. The van der Waals surface area contributed by atoms with Crippen molar-refractivity contribution in [3.8, 4) is 0 Å². The molecule has 0 spiro atoms. The van der Waals surface area contributed by atoms with Gasteiger partial charge in [0.2, 0.25) is 5.91 Å². The Morgan fingerprint density at radius 3 is 2.58 bits per heavy atom. The number of amides is 1. The molecule has 1 saturated heterocycles. The summed E-state index contributed by atoms with van der Waals surface area (Å²) < 4.78 is -0.393. The van der Waals surface area contributed by atoms with E-state index >= 15 is 0 Å². The minimum absolute atomic E-state index is 0.0782. The minimum Gasteiger partial charge on any atom is -0.393 e. The molecule has 0 radical (unpaired) electrons. The van der Waals surface area contributed by atoms with E-state index in [0.717, 1.165) is 24.4 Å². The number of nitrogens with zero attached hydrogens (tertiary/aromatic N) is 1. The van der Waals surface area contributed by atoms with E-state index < -0.39 is 4.75 Å². The number of hydrogen-bond acceptors (Lipinski definition) is 4. The summed E-state index contributed by atoms with van der Waals surface area (Å²) in [4.78, 5) is 16.8. The van der Waals surface area contributed by atoms with Crippen LogP contribution in [-0.2, 0) is 4.79 Å². The molecule has 2 aliphatic carbocycles. The predicted octanol–water partition coefficient (Wildman–Crippen LogP) is 1.78. The number of nitrogens with one attached hydrogen (secondary N) is 1. The van der Waals surface area contributed by atoms with Crippen LogP contribution in [0, 0.1) is 17.8 Å². The quantitative estimate of drug-likeness (QED) is 0.811. The van der Waals surface area contributed by atoms with Crippen LogP contribution in [0.15, 0.2) is 4.99 Å². The SMILES string of the molecule is CC(C)[C@]1(C)SC(=N[C@H]2C[C@H]3C[C@@H]2C[C@H]3O)NC1=O. The molecule has 0 aromatic rings. The third kappa shape index (κ3) is 2.11. The highest BCUT2D eigenvalue weighted by molar-refractivity contribution is 8.16. The van der Waals surface area contributed by atoms with Gasteiger partial charge in [0.25, 0.3) is 0 Å². The first-order valence-corrected chi connectivity index (χ1v) is 7.98. The summed E-state index contributed by atoms with van der Waals surface area (Å²) in [6.45, 7) is 6.14. The number of carbonyl (C=O) groups is 1. The fraction of sp³-hybridized carbons (Fsp3) is 0.857. The van der Waals surface area contributed by atoms with Crippen molar-refractivity contribution >= 4 is 22.8 Å². The van der Waals surface area contributed by atoms with Crippen molar-refractivity contribution in [1.82, 2.24) is 5.32 Å². The fourth-order valence-electron chi connectivity index (χ4n) is 3.46. The largest absolute Gasteiger partial charge is 0.393 e. The average Bonchev–Trinajstić information content (AvgIpc) is 2.94. The van der Waals surface area contributed by atoms with Crippen molar-refractivity contribution < 1.29 is 9.90 Å². The van der Waals surface area contributed by atoms with Crippen LogP contribution in [0.3, 0.4) is 0 Å². The summed E-state index contributed by atoms with van der Waals surface area (Å²) in [6.07, 6.45) is 2.84. The van der Waals surface area contributed by atoms with Crippen LogP contribution in [0.25, 0.3) is 0 Å². The van der Waals surface area contributed by atoms with Crippen molar-refractivity contribution in [1.29, 1.82) is 0 Å². The second kappa shape index (κ2) is 4.48. The molecule has 2 bridgehead atoms. The lowest BCUT2D eigenvalue weighted by molar-refractivity contribution is -0.122. The number of hydrogen-bond donors (Lipinski definition) is 2. The van der Waals surface area contributed by atoms with Crippen LogP contribution < -0.4 is 5.32 Å². The smallest absolute Gasteiger partial charge is 0.242 e. The minimum atomic E-state index is -0.393. The molecule has 19 heavy (non-hydrogen) atoms. The van der Waals surface area contributed by atoms with Gasteiger partial charge in [-0.15, -0.1) is 0 Å². The molecule has 1 aliphatic heterocycles. The highest BCUT2D eigenvalue weighted by Gasteiger charge is 2.48. The van der Waals surface area contributed by atoms with E-state index in [0.29, 0.717) is 17.9 Å². The summed E-state index contributed by atoms with van der Waals surface area (Å²) in [5, 5.41) is 13.5. The Hall–Kier alpha value is -0.550. The molecule has 3 aliphatic rings. The molecule has 5 heteroatoms. The maximum absolute atomic E-state index is 12.1. The lowest BCUT2D eigenvalue weighted by Gasteiger charge is -2.23. The number of aliphatic imine (C=N–C) groups is 1. The molecule has 5 atom stereocenters. The Balaban J connectivity index is 1.72. The second-order valence-corrected chi connectivity index (χ2v) is 8.05. The lowest BCUT2D eigenvalue weighted by atomic mass is 9.94. The number of thioether (sulfide) groups is 1. The van der Waals surface area contributed by atoms with Crippen molar-refractivity contribution in [2.75, 3.05) is 0 Å². The third-order valence-corrected chi connectivity index (χ3v) is 6.63. The van der Waals surface area contributed by atoms with Crippen LogP contribution >= 0.6 is 11.8 Å².